The zero-order valence-corrected chi connectivity index (χ0v) is 20.0. The minimum atomic E-state index is -3.81. The van der Waals surface area contributed by atoms with Gasteiger partial charge in [-0.15, -0.1) is 0 Å². The molecule has 1 amide bonds. The van der Waals surface area contributed by atoms with E-state index in [9.17, 15) is 13.2 Å². The molecule has 0 radical (unpaired) electrons. The van der Waals surface area contributed by atoms with Crippen LogP contribution >= 0.6 is 0 Å². The fourth-order valence-corrected chi connectivity index (χ4v) is 5.37. The summed E-state index contributed by atoms with van der Waals surface area (Å²) >= 11 is 0. The number of piperidine rings is 1. The number of sulfonamides is 1. The minimum absolute atomic E-state index is 0.198. The van der Waals surface area contributed by atoms with E-state index in [1.165, 1.54) is 4.31 Å². The van der Waals surface area contributed by atoms with E-state index in [1.54, 1.807) is 36.3 Å². The van der Waals surface area contributed by atoms with Gasteiger partial charge in [0.2, 0.25) is 10.0 Å². The average molecular weight is 461 g/mol. The first-order chi connectivity index (χ1) is 15.1. The quantitative estimate of drug-likeness (QED) is 0.643. The predicted molar refractivity (Wildman–Crippen MR) is 123 cm³/mol. The van der Waals surface area contributed by atoms with Gasteiger partial charge in [-0.05, 0) is 63.4 Å². The zero-order chi connectivity index (χ0) is 23.4. The first kappa shape index (κ1) is 24.1. The minimum Gasteiger partial charge on any atom is -0.497 e. The number of hydrogen-bond acceptors (Lipinski definition) is 5. The monoisotopic (exact) mass is 460 g/mol. The molecule has 1 aliphatic rings. The number of amides is 1. The van der Waals surface area contributed by atoms with Gasteiger partial charge in [-0.3, -0.25) is 0 Å². The van der Waals surface area contributed by atoms with Crippen molar-refractivity contribution in [3.8, 4) is 5.75 Å². The maximum Gasteiger partial charge on any atom is 0.410 e. The van der Waals surface area contributed by atoms with Crippen molar-refractivity contribution in [3.05, 3.63) is 60.2 Å². The van der Waals surface area contributed by atoms with E-state index in [2.05, 4.69) is 0 Å². The number of hydrogen-bond donors (Lipinski definition) is 0. The van der Waals surface area contributed by atoms with Gasteiger partial charge in [-0.2, -0.15) is 4.31 Å². The van der Waals surface area contributed by atoms with Crippen LogP contribution in [0.3, 0.4) is 0 Å². The van der Waals surface area contributed by atoms with Crippen molar-refractivity contribution >= 4 is 16.1 Å². The molecule has 0 spiro atoms. The Balaban J connectivity index is 1.90. The standard InChI is InChI=1S/C24H32N2O5S/c1-24(2,3)31-23(27)25-16-8-11-20(18-25)26(17-19-9-6-5-7-10-19)32(28,29)22-14-12-21(30-4)13-15-22/h5-7,9-10,12-15,20H,8,11,16-18H2,1-4H3. The first-order valence-electron chi connectivity index (χ1n) is 10.8. The lowest BCUT2D eigenvalue weighted by molar-refractivity contribution is 0.0152. The van der Waals surface area contributed by atoms with Gasteiger partial charge in [0.05, 0.1) is 12.0 Å². The molecule has 2 aromatic rings. The second-order valence-corrected chi connectivity index (χ2v) is 10.8. The fraction of sp³-hybridized carbons (Fsp3) is 0.458. The van der Waals surface area contributed by atoms with Crippen LogP contribution < -0.4 is 4.74 Å². The van der Waals surface area contributed by atoms with Gasteiger partial charge in [0, 0.05) is 25.7 Å². The highest BCUT2D eigenvalue weighted by molar-refractivity contribution is 7.89. The Morgan fingerprint density at radius 2 is 1.75 bits per heavy atom. The average Bonchev–Trinajstić information content (AvgIpc) is 2.77. The van der Waals surface area contributed by atoms with Crippen LogP contribution in [0.1, 0.15) is 39.2 Å². The molecule has 0 N–H and O–H groups in total. The molecule has 174 valence electrons. The lowest BCUT2D eigenvalue weighted by Gasteiger charge is -2.39. The van der Waals surface area contributed by atoms with E-state index in [1.807, 2.05) is 51.1 Å². The molecule has 0 bridgehead atoms. The predicted octanol–water partition coefficient (Wildman–Crippen LogP) is 4.29. The second-order valence-electron chi connectivity index (χ2n) is 8.93. The molecule has 1 fully saturated rings. The Bertz CT molecular complexity index is 1000. The van der Waals surface area contributed by atoms with Crippen molar-refractivity contribution in [3.63, 3.8) is 0 Å². The van der Waals surface area contributed by atoms with Crippen LogP contribution in [0.5, 0.6) is 5.75 Å². The smallest absolute Gasteiger partial charge is 0.410 e. The summed E-state index contributed by atoms with van der Waals surface area (Å²) in [6.45, 7) is 6.53. The molecule has 1 heterocycles. The van der Waals surface area contributed by atoms with Crippen molar-refractivity contribution < 1.29 is 22.7 Å². The topological polar surface area (TPSA) is 76.2 Å². The third-order valence-electron chi connectivity index (χ3n) is 5.30. The van der Waals surface area contributed by atoms with Crippen molar-refractivity contribution in [1.29, 1.82) is 0 Å². The van der Waals surface area contributed by atoms with Crippen molar-refractivity contribution in [2.45, 2.75) is 56.7 Å². The molecule has 0 aromatic heterocycles. The van der Waals surface area contributed by atoms with Gasteiger partial charge >= 0.3 is 6.09 Å². The van der Waals surface area contributed by atoms with Gasteiger partial charge < -0.3 is 14.4 Å². The summed E-state index contributed by atoms with van der Waals surface area (Å²) in [6.07, 6.45) is 0.957. The highest BCUT2D eigenvalue weighted by Gasteiger charge is 2.36. The third-order valence-corrected chi connectivity index (χ3v) is 7.22. The van der Waals surface area contributed by atoms with Crippen molar-refractivity contribution in [1.82, 2.24) is 9.21 Å². The van der Waals surface area contributed by atoms with Gasteiger partial charge in [-0.1, -0.05) is 30.3 Å². The Morgan fingerprint density at radius 3 is 2.34 bits per heavy atom. The van der Waals surface area contributed by atoms with Crippen LogP contribution in [-0.2, 0) is 21.3 Å². The van der Waals surface area contributed by atoms with E-state index in [0.29, 0.717) is 25.1 Å². The third kappa shape index (κ3) is 6.01. The van der Waals surface area contributed by atoms with E-state index >= 15 is 0 Å². The summed E-state index contributed by atoms with van der Waals surface area (Å²) in [4.78, 5) is 14.5. The summed E-state index contributed by atoms with van der Waals surface area (Å²) < 4.78 is 39.6. The molecule has 0 aliphatic carbocycles. The highest BCUT2D eigenvalue weighted by atomic mass is 32.2. The number of carbonyl (C=O) groups is 1. The first-order valence-corrected chi connectivity index (χ1v) is 12.2. The Morgan fingerprint density at radius 1 is 1.09 bits per heavy atom. The Hall–Kier alpha value is -2.58. The maximum atomic E-state index is 13.7. The van der Waals surface area contributed by atoms with Crippen LogP contribution in [0.15, 0.2) is 59.5 Å². The van der Waals surface area contributed by atoms with Crippen molar-refractivity contribution in [2.24, 2.45) is 0 Å². The maximum absolute atomic E-state index is 13.7. The van der Waals surface area contributed by atoms with Gasteiger partial charge in [-0.25, -0.2) is 13.2 Å². The lowest BCUT2D eigenvalue weighted by atomic mass is 10.1. The van der Waals surface area contributed by atoms with E-state index in [0.717, 1.165) is 5.56 Å². The van der Waals surface area contributed by atoms with Crippen LogP contribution in [0.25, 0.3) is 0 Å². The summed E-state index contributed by atoms with van der Waals surface area (Å²) in [5.74, 6) is 0.590. The SMILES string of the molecule is COc1ccc(S(=O)(=O)N(Cc2ccccc2)C2CCCN(C(=O)OC(C)(C)C)C2)cc1. The molecule has 3 rings (SSSR count). The number of nitrogens with zero attached hydrogens (tertiary/aromatic N) is 2. The lowest BCUT2D eigenvalue weighted by Crippen LogP contribution is -2.52. The number of rotatable bonds is 6. The summed E-state index contributed by atoms with van der Waals surface area (Å²) in [6, 6.07) is 15.5. The number of methoxy groups -OCH3 is 1. The molecule has 1 unspecified atom stereocenters. The molecule has 1 atom stereocenters. The van der Waals surface area contributed by atoms with Gasteiger partial charge in [0.25, 0.3) is 0 Å². The second kappa shape index (κ2) is 9.92. The van der Waals surface area contributed by atoms with Gasteiger partial charge in [0.1, 0.15) is 11.4 Å². The van der Waals surface area contributed by atoms with Crippen molar-refractivity contribution in [2.75, 3.05) is 20.2 Å². The molecule has 2 aromatic carbocycles. The van der Waals surface area contributed by atoms with Crippen LogP contribution in [0.2, 0.25) is 0 Å². The molecule has 7 nitrogen and oxygen atoms in total. The van der Waals surface area contributed by atoms with E-state index in [4.69, 9.17) is 9.47 Å². The largest absolute Gasteiger partial charge is 0.497 e. The number of carbonyl (C=O) groups excluding carboxylic acids is 1. The summed E-state index contributed by atoms with van der Waals surface area (Å²) in [7, 11) is -2.27. The normalized spacial score (nSPS) is 17.3. The molecule has 32 heavy (non-hydrogen) atoms. The summed E-state index contributed by atoms with van der Waals surface area (Å²) in [5, 5.41) is 0. The van der Waals surface area contributed by atoms with E-state index in [-0.39, 0.29) is 24.0 Å². The molecule has 8 heteroatoms. The number of benzene rings is 2. The van der Waals surface area contributed by atoms with Crippen LogP contribution in [0.4, 0.5) is 4.79 Å². The molecule has 1 aliphatic heterocycles. The number of ether oxygens (including phenoxy) is 2. The highest BCUT2D eigenvalue weighted by Crippen LogP contribution is 2.28. The molecule has 1 saturated heterocycles. The van der Waals surface area contributed by atoms with Crippen LogP contribution in [-0.4, -0.2) is 55.6 Å². The molecular weight excluding hydrogens is 428 g/mol. The van der Waals surface area contributed by atoms with Gasteiger partial charge in [0.15, 0.2) is 0 Å². The van der Waals surface area contributed by atoms with E-state index < -0.39 is 21.7 Å². The molecule has 0 saturated carbocycles. The zero-order valence-electron chi connectivity index (χ0n) is 19.2. The number of likely N-dealkylation sites (tertiary alicyclic amines) is 1. The fourth-order valence-electron chi connectivity index (χ4n) is 3.74. The summed E-state index contributed by atoms with van der Waals surface area (Å²) in [5.41, 5.74) is 0.280. The Labute approximate surface area is 191 Å². The van der Waals surface area contributed by atoms with Crippen LogP contribution in [0, 0.1) is 0 Å². The molecular formula is C24H32N2O5S. The Kier molecular flexibility index (Phi) is 7.46.